The van der Waals surface area contributed by atoms with E-state index in [9.17, 15) is 15.3 Å². The first-order valence-electron chi connectivity index (χ1n) is 5.93. The van der Waals surface area contributed by atoms with Crippen molar-refractivity contribution in [3.05, 3.63) is 53.6 Å². The third kappa shape index (κ3) is 2.98. The molecule has 0 spiro atoms. The fraction of sp³-hybridized carbons (Fsp3) is 0.200. The molecular formula is C15H16O4. The number of hydrogen-bond acceptors (Lipinski definition) is 4. The van der Waals surface area contributed by atoms with Gasteiger partial charge in [-0.05, 0) is 23.3 Å². The molecule has 2 rings (SSSR count). The smallest absolute Gasteiger partial charge is 0.202 e. The summed E-state index contributed by atoms with van der Waals surface area (Å²) in [6.07, 6.45) is -0.392. The summed E-state index contributed by atoms with van der Waals surface area (Å²) in [5, 5.41) is 29.5. The molecule has 0 aliphatic carbocycles. The minimum atomic E-state index is -0.801. The normalized spacial score (nSPS) is 12.1. The molecule has 2 aromatic rings. The third-order valence-electron chi connectivity index (χ3n) is 2.93. The second-order valence-corrected chi connectivity index (χ2v) is 4.30. The zero-order valence-electron chi connectivity index (χ0n) is 10.6. The van der Waals surface area contributed by atoms with Crippen LogP contribution < -0.4 is 4.74 Å². The van der Waals surface area contributed by atoms with Gasteiger partial charge >= 0.3 is 0 Å². The first-order valence-corrected chi connectivity index (χ1v) is 5.93. The number of hydrogen-bond donors (Lipinski definition) is 3. The number of phenols is 2. The zero-order chi connectivity index (χ0) is 13.8. The Balaban J connectivity index is 2.22. The summed E-state index contributed by atoms with van der Waals surface area (Å²) in [4.78, 5) is 0. The predicted molar refractivity (Wildman–Crippen MR) is 71.4 cm³/mol. The van der Waals surface area contributed by atoms with E-state index in [-0.39, 0.29) is 17.2 Å². The molecule has 3 N–H and O–H groups in total. The molecule has 0 aliphatic heterocycles. The number of benzene rings is 2. The lowest BCUT2D eigenvalue weighted by Crippen LogP contribution is -2.02. The second-order valence-electron chi connectivity index (χ2n) is 4.30. The molecule has 1 unspecified atom stereocenters. The van der Waals surface area contributed by atoms with Crippen LogP contribution in [0.3, 0.4) is 0 Å². The highest BCUT2D eigenvalue weighted by molar-refractivity contribution is 5.52. The highest BCUT2D eigenvalue weighted by Gasteiger charge is 2.15. The minimum absolute atomic E-state index is 0.00987. The topological polar surface area (TPSA) is 69.9 Å². The van der Waals surface area contributed by atoms with Crippen molar-refractivity contribution in [2.24, 2.45) is 0 Å². The number of rotatable bonds is 4. The van der Waals surface area contributed by atoms with Crippen molar-refractivity contribution in [3.63, 3.8) is 0 Å². The van der Waals surface area contributed by atoms with E-state index < -0.39 is 6.10 Å². The Labute approximate surface area is 111 Å². The van der Waals surface area contributed by atoms with Crippen molar-refractivity contribution in [2.45, 2.75) is 12.5 Å². The molecule has 0 saturated heterocycles. The van der Waals surface area contributed by atoms with E-state index >= 15 is 0 Å². The number of aliphatic hydroxyl groups is 1. The molecule has 1 atom stereocenters. The van der Waals surface area contributed by atoms with E-state index in [1.54, 1.807) is 0 Å². The first kappa shape index (κ1) is 13.2. The lowest BCUT2D eigenvalue weighted by molar-refractivity contribution is 0.177. The average Bonchev–Trinajstić information content (AvgIpc) is 2.39. The van der Waals surface area contributed by atoms with Gasteiger partial charge in [-0.2, -0.15) is 0 Å². The molecule has 0 aromatic heterocycles. The molecule has 100 valence electrons. The Kier molecular flexibility index (Phi) is 3.92. The van der Waals surface area contributed by atoms with E-state index in [4.69, 9.17) is 4.74 Å². The largest absolute Gasteiger partial charge is 0.504 e. The van der Waals surface area contributed by atoms with Crippen LogP contribution in [0.2, 0.25) is 0 Å². The summed E-state index contributed by atoms with van der Waals surface area (Å²) in [5.74, 6) is -0.370. The molecule has 19 heavy (non-hydrogen) atoms. The molecule has 0 fully saturated rings. The monoisotopic (exact) mass is 260 g/mol. The summed E-state index contributed by atoms with van der Waals surface area (Å²) in [5.41, 5.74) is 1.42. The van der Waals surface area contributed by atoms with Crippen LogP contribution in [-0.2, 0) is 6.42 Å². The molecule has 0 bridgehead atoms. The molecule has 0 amide bonds. The summed E-state index contributed by atoms with van der Waals surface area (Å²) in [7, 11) is 1.36. The van der Waals surface area contributed by atoms with Gasteiger partial charge in [-0.1, -0.05) is 30.3 Å². The van der Waals surface area contributed by atoms with Crippen LogP contribution in [0.1, 0.15) is 17.2 Å². The zero-order valence-corrected chi connectivity index (χ0v) is 10.6. The van der Waals surface area contributed by atoms with Gasteiger partial charge in [-0.3, -0.25) is 0 Å². The Morgan fingerprint density at radius 1 is 1.05 bits per heavy atom. The van der Waals surface area contributed by atoms with Crippen LogP contribution in [0.25, 0.3) is 0 Å². The lowest BCUT2D eigenvalue weighted by atomic mass is 10.0. The van der Waals surface area contributed by atoms with Crippen LogP contribution in [0.15, 0.2) is 42.5 Å². The Hall–Kier alpha value is -2.20. The molecule has 0 heterocycles. The van der Waals surface area contributed by atoms with Gasteiger partial charge in [0, 0.05) is 6.42 Å². The van der Waals surface area contributed by atoms with Crippen molar-refractivity contribution >= 4 is 0 Å². The Bertz CT molecular complexity index is 528. The van der Waals surface area contributed by atoms with Crippen LogP contribution in [0.4, 0.5) is 0 Å². The minimum Gasteiger partial charge on any atom is -0.504 e. The molecule has 4 heteroatoms. The molecule has 0 radical (unpaired) electrons. The van der Waals surface area contributed by atoms with Gasteiger partial charge in [0.1, 0.15) is 0 Å². The summed E-state index contributed by atoms with van der Waals surface area (Å²) in [6, 6.07) is 12.3. The fourth-order valence-corrected chi connectivity index (χ4v) is 1.98. The van der Waals surface area contributed by atoms with E-state index in [2.05, 4.69) is 0 Å². The molecule has 0 saturated carbocycles. The predicted octanol–water partition coefficient (Wildman–Crippen LogP) is 2.38. The van der Waals surface area contributed by atoms with E-state index in [0.29, 0.717) is 12.0 Å². The number of methoxy groups -OCH3 is 1. The van der Waals surface area contributed by atoms with Crippen molar-refractivity contribution in [1.82, 2.24) is 0 Å². The average molecular weight is 260 g/mol. The SMILES string of the molecule is COc1c(O)cc(C(O)Cc2ccccc2)cc1O. The standard InChI is InChI=1S/C15H16O4/c1-19-15-13(17)8-11(9-14(15)18)12(16)7-10-5-3-2-4-6-10/h2-6,8-9,12,16-18H,7H2,1H3. The lowest BCUT2D eigenvalue weighted by Gasteiger charge is -2.14. The Morgan fingerprint density at radius 3 is 2.16 bits per heavy atom. The highest BCUT2D eigenvalue weighted by Crippen LogP contribution is 2.38. The van der Waals surface area contributed by atoms with Crippen LogP contribution in [-0.4, -0.2) is 22.4 Å². The number of aliphatic hydroxyl groups excluding tert-OH is 1. The number of phenolic OH excluding ortho intramolecular Hbond substituents is 2. The first-order chi connectivity index (χ1) is 9.11. The summed E-state index contributed by atoms with van der Waals surface area (Å²) < 4.78 is 4.85. The maximum Gasteiger partial charge on any atom is 0.202 e. The van der Waals surface area contributed by atoms with Gasteiger partial charge in [0.05, 0.1) is 13.2 Å². The summed E-state index contributed by atoms with van der Waals surface area (Å²) in [6.45, 7) is 0. The fourth-order valence-electron chi connectivity index (χ4n) is 1.98. The van der Waals surface area contributed by atoms with Crippen LogP contribution >= 0.6 is 0 Å². The van der Waals surface area contributed by atoms with Gasteiger partial charge in [-0.15, -0.1) is 0 Å². The van der Waals surface area contributed by atoms with E-state index in [1.807, 2.05) is 30.3 Å². The van der Waals surface area contributed by atoms with Gasteiger partial charge < -0.3 is 20.1 Å². The van der Waals surface area contributed by atoms with Gasteiger partial charge in [0.25, 0.3) is 0 Å². The Morgan fingerprint density at radius 2 is 1.63 bits per heavy atom. The van der Waals surface area contributed by atoms with Crippen LogP contribution in [0, 0.1) is 0 Å². The maximum absolute atomic E-state index is 10.1. The van der Waals surface area contributed by atoms with Crippen molar-refractivity contribution < 1.29 is 20.1 Å². The molecule has 4 nitrogen and oxygen atoms in total. The second kappa shape index (κ2) is 5.63. The van der Waals surface area contributed by atoms with Gasteiger partial charge in [-0.25, -0.2) is 0 Å². The van der Waals surface area contributed by atoms with Crippen molar-refractivity contribution in [3.8, 4) is 17.2 Å². The van der Waals surface area contributed by atoms with Gasteiger partial charge in [0.15, 0.2) is 11.5 Å². The molecule has 2 aromatic carbocycles. The quantitative estimate of drug-likeness (QED) is 0.789. The number of aromatic hydroxyl groups is 2. The van der Waals surface area contributed by atoms with E-state index in [0.717, 1.165) is 5.56 Å². The van der Waals surface area contributed by atoms with E-state index in [1.165, 1.54) is 19.2 Å². The van der Waals surface area contributed by atoms with Gasteiger partial charge in [0.2, 0.25) is 5.75 Å². The highest BCUT2D eigenvalue weighted by atomic mass is 16.5. The van der Waals surface area contributed by atoms with Crippen molar-refractivity contribution in [1.29, 1.82) is 0 Å². The number of ether oxygens (including phenoxy) is 1. The van der Waals surface area contributed by atoms with Crippen molar-refractivity contribution in [2.75, 3.05) is 7.11 Å². The maximum atomic E-state index is 10.1. The molecular weight excluding hydrogens is 244 g/mol. The van der Waals surface area contributed by atoms with Crippen LogP contribution in [0.5, 0.6) is 17.2 Å². The molecule has 0 aliphatic rings. The third-order valence-corrected chi connectivity index (χ3v) is 2.93. The summed E-state index contributed by atoms with van der Waals surface area (Å²) >= 11 is 0.